The van der Waals surface area contributed by atoms with Crippen LogP contribution in [0.4, 0.5) is 0 Å². The lowest BCUT2D eigenvalue weighted by molar-refractivity contribution is -0.258. The minimum atomic E-state index is -1.74. The third-order valence-corrected chi connectivity index (χ3v) is 14.7. The zero-order chi connectivity index (χ0) is 41.9. The number of aromatic amines is 1. The van der Waals surface area contributed by atoms with E-state index >= 15 is 4.79 Å². The molecule has 13 atom stereocenters. The first-order chi connectivity index (χ1) is 27.5. The fourth-order valence-corrected chi connectivity index (χ4v) is 11.5. The van der Waals surface area contributed by atoms with Crippen LogP contribution in [0.3, 0.4) is 0 Å². The number of esters is 1. The fourth-order valence-electron chi connectivity index (χ4n) is 11.0. The van der Waals surface area contributed by atoms with Gasteiger partial charge in [0.2, 0.25) is 5.78 Å². The van der Waals surface area contributed by atoms with Crippen molar-refractivity contribution >= 4 is 46.8 Å². The molecule has 314 valence electrons. The molecule has 0 radical (unpaired) electrons. The second-order valence-electron chi connectivity index (χ2n) is 17.2. The average Bonchev–Trinajstić information content (AvgIpc) is 3.65. The van der Waals surface area contributed by atoms with Crippen LogP contribution in [0.2, 0.25) is 10.2 Å². The minimum Gasteiger partial charge on any atom is -0.511 e. The highest BCUT2D eigenvalue weighted by molar-refractivity contribution is 6.36. The summed E-state index contributed by atoms with van der Waals surface area (Å²) in [6.07, 6.45) is 14.0. The van der Waals surface area contributed by atoms with Crippen LogP contribution in [-0.2, 0) is 28.6 Å². The first-order valence-electron chi connectivity index (χ1n) is 20.5. The number of carbonyl (C=O) groups is 4. The maximum Gasteiger partial charge on any atom is 0.346 e. The Labute approximate surface area is 348 Å². The van der Waals surface area contributed by atoms with Gasteiger partial charge in [-0.2, -0.15) is 0 Å². The van der Waals surface area contributed by atoms with Gasteiger partial charge in [0, 0.05) is 29.7 Å². The Morgan fingerprint density at radius 3 is 2.52 bits per heavy atom. The number of allylic oxidation sites excluding steroid dienone is 5. The Balaban J connectivity index is 1.22. The maximum absolute atomic E-state index is 15.0. The second kappa shape index (κ2) is 16.1. The number of ether oxygens (including phenoxy) is 3. The highest BCUT2D eigenvalue weighted by atomic mass is 35.5. The van der Waals surface area contributed by atoms with Gasteiger partial charge in [0.05, 0.1) is 34.8 Å². The molecule has 3 fully saturated rings. The SMILES string of the molecule is CC[C@H]1C[C@]23OC(=O)/C(=C(/O)[C@@]4(CC)[C@@H]5CC[C@H](C)[C@H](O[C@H]6C[C@@H](O)[C@H](NC(=O)c7[nH]c(Cl)cc7Cl)[C@@H](C)O6)[C@H]5C=C[C@H]4C/C=C/C/C=C/[C@@]2(C)C=C1C(=O)O)C3=O. The topological polar surface area (TPSA) is 184 Å². The van der Waals surface area contributed by atoms with Crippen LogP contribution in [0.5, 0.6) is 0 Å². The number of hydrogen-bond acceptors (Lipinski definition) is 9. The number of halogens is 2. The standard InChI is InChI=1S/C44H54Cl2N2O10/c1-6-24-20-44-38(51)33(41(55)58-44)37(50)43(7-2)25(12-10-8-9-11-17-42(44,5)21-27(24)40(53)54)14-15-26-28(43)16-13-22(3)36(26)57-32-19-30(49)34(23(4)56-32)48-39(52)35-29(45)18-31(46)47-35/h8,10-11,14-15,17-18,21-26,28,30,32,34,36,47,49-50H,6-7,9,12-13,16,19-20H2,1-5H3,(H,48,52)(H,53,54)/b10-8+,17-11+,37-33+/t22-,23+,24-,25+,26-,28+,30+,32-,34+,36-,42-,43+,44+/m0/s1. The Morgan fingerprint density at radius 1 is 1.10 bits per heavy atom. The van der Waals surface area contributed by atoms with Crippen LogP contribution in [0.15, 0.2) is 65.5 Å². The summed E-state index contributed by atoms with van der Waals surface area (Å²) in [6.45, 7) is 9.40. The van der Waals surface area contributed by atoms with Crippen molar-refractivity contribution in [2.24, 2.45) is 40.4 Å². The maximum atomic E-state index is 15.0. The number of carbonyl (C=O) groups excluding carboxylic acids is 3. The van der Waals surface area contributed by atoms with E-state index in [-0.39, 0.29) is 69.3 Å². The van der Waals surface area contributed by atoms with Crippen molar-refractivity contribution in [2.75, 3.05) is 0 Å². The van der Waals surface area contributed by atoms with E-state index in [9.17, 15) is 29.7 Å². The number of Topliss-reactive ketones (excluding diaryl/α,β-unsaturated/α-hetero) is 1. The van der Waals surface area contributed by atoms with Crippen LogP contribution in [0.25, 0.3) is 0 Å². The van der Waals surface area contributed by atoms with E-state index in [1.807, 2.05) is 26.0 Å². The molecule has 4 aliphatic carbocycles. The van der Waals surface area contributed by atoms with Gasteiger partial charge in [0.1, 0.15) is 22.2 Å². The molecule has 2 aliphatic heterocycles. The van der Waals surface area contributed by atoms with Crippen molar-refractivity contribution in [2.45, 2.75) is 122 Å². The summed E-state index contributed by atoms with van der Waals surface area (Å²) < 4.78 is 19.3. The first kappa shape index (κ1) is 42.4. The molecule has 3 heterocycles. The molecule has 12 nitrogen and oxygen atoms in total. The van der Waals surface area contributed by atoms with Gasteiger partial charge in [-0.3, -0.25) is 9.59 Å². The van der Waals surface area contributed by atoms with Crippen LogP contribution in [0, 0.1) is 40.4 Å². The number of H-pyrrole nitrogens is 1. The van der Waals surface area contributed by atoms with Gasteiger partial charge in [-0.15, -0.1) is 0 Å². The van der Waals surface area contributed by atoms with E-state index in [0.717, 1.165) is 6.42 Å². The van der Waals surface area contributed by atoms with Gasteiger partial charge in [0.15, 0.2) is 11.9 Å². The van der Waals surface area contributed by atoms with Gasteiger partial charge in [-0.25, -0.2) is 9.59 Å². The fraction of sp³-hybridized carbons (Fsp3) is 0.591. The van der Waals surface area contributed by atoms with E-state index in [0.29, 0.717) is 32.1 Å². The number of fused-ring (bicyclic) bond motifs is 4. The molecule has 6 aliphatic rings. The summed E-state index contributed by atoms with van der Waals surface area (Å²) in [5, 5.41) is 37.4. The quantitative estimate of drug-likeness (QED) is 0.104. The van der Waals surface area contributed by atoms with E-state index in [1.54, 1.807) is 26.0 Å². The molecular formula is C44H54Cl2N2O10. The summed E-state index contributed by atoms with van der Waals surface area (Å²) in [7, 11) is 0. The lowest BCUT2D eigenvalue weighted by Gasteiger charge is -2.55. The summed E-state index contributed by atoms with van der Waals surface area (Å²) >= 11 is 12.2. The Kier molecular flexibility index (Phi) is 11.8. The summed E-state index contributed by atoms with van der Waals surface area (Å²) in [6, 6.07) is 0.665. The summed E-state index contributed by atoms with van der Waals surface area (Å²) in [5.74, 6) is -4.71. The number of aliphatic hydroxyl groups excluding tert-OH is 2. The molecule has 1 saturated carbocycles. The number of carboxylic acids is 1. The molecule has 58 heavy (non-hydrogen) atoms. The van der Waals surface area contributed by atoms with E-state index in [1.165, 1.54) is 6.07 Å². The highest BCUT2D eigenvalue weighted by Gasteiger charge is 2.67. The van der Waals surface area contributed by atoms with E-state index < -0.39 is 76.6 Å². The molecule has 2 bridgehead atoms. The number of aliphatic hydroxyl groups is 2. The van der Waals surface area contributed by atoms with Crippen molar-refractivity contribution in [3.8, 4) is 0 Å². The van der Waals surface area contributed by atoms with Gasteiger partial charge < -0.3 is 39.8 Å². The highest BCUT2D eigenvalue weighted by Crippen LogP contribution is 2.61. The molecule has 7 rings (SSSR count). The molecular weight excluding hydrogens is 787 g/mol. The number of carboxylic acid groups (broad SMARTS) is 1. The van der Waals surface area contributed by atoms with Crippen molar-refractivity contribution < 1.29 is 48.7 Å². The van der Waals surface area contributed by atoms with E-state index in [2.05, 4.69) is 35.5 Å². The van der Waals surface area contributed by atoms with Crippen LogP contribution in [0.1, 0.15) is 96.5 Å². The normalized spacial score (nSPS) is 42.3. The predicted molar refractivity (Wildman–Crippen MR) is 216 cm³/mol. The lowest BCUT2D eigenvalue weighted by Crippen LogP contribution is -2.58. The average molecular weight is 842 g/mol. The summed E-state index contributed by atoms with van der Waals surface area (Å²) in [5.41, 5.74) is -4.19. The third-order valence-electron chi connectivity index (χ3n) is 14.2. The number of aromatic nitrogens is 1. The smallest absolute Gasteiger partial charge is 0.346 e. The molecule has 1 spiro atoms. The molecule has 1 aromatic heterocycles. The number of nitrogens with one attached hydrogen (secondary N) is 2. The monoisotopic (exact) mass is 840 g/mol. The van der Waals surface area contributed by atoms with Crippen LogP contribution < -0.4 is 5.32 Å². The lowest BCUT2D eigenvalue weighted by atomic mass is 9.51. The van der Waals surface area contributed by atoms with Crippen molar-refractivity contribution in [3.05, 3.63) is 81.4 Å². The van der Waals surface area contributed by atoms with Gasteiger partial charge in [0.25, 0.3) is 5.91 Å². The summed E-state index contributed by atoms with van der Waals surface area (Å²) in [4.78, 5) is 57.4. The number of amides is 1. The molecule has 2 saturated heterocycles. The zero-order valence-electron chi connectivity index (χ0n) is 33.5. The number of rotatable bonds is 7. The number of ketones is 1. The predicted octanol–water partition coefficient (Wildman–Crippen LogP) is 7.58. The van der Waals surface area contributed by atoms with Crippen molar-refractivity contribution in [1.29, 1.82) is 0 Å². The number of aliphatic carboxylic acids is 1. The Morgan fingerprint density at radius 2 is 1.86 bits per heavy atom. The molecule has 1 aromatic rings. The molecule has 14 heteroatoms. The third kappa shape index (κ3) is 6.90. The van der Waals surface area contributed by atoms with Gasteiger partial charge in [-0.05, 0) is 82.1 Å². The van der Waals surface area contributed by atoms with Crippen molar-refractivity contribution in [1.82, 2.24) is 10.3 Å². The van der Waals surface area contributed by atoms with Crippen molar-refractivity contribution in [3.63, 3.8) is 0 Å². The Hall–Kier alpha value is -3.68. The Bertz CT molecular complexity index is 1990. The van der Waals surface area contributed by atoms with Gasteiger partial charge in [-0.1, -0.05) is 86.5 Å². The van der Waals surface area contributed by atoms with E-state index in [4.69, 9.17) is 37.4 Å². The minimum absolute atomic E-state index is 0.0220. The number of hydrogen-bond donors (Lipinski definition) is 5. The molecule has 0 aromatic carbocycles. The molecule has 1 amide bonds. The van der Waals surface area contributed by atoms with Crippen LogP contribution in [-0.4, -0.2) is 80.2 Å². The largest absolute Gasteiger partial charge is 0.511 e. The van der Waals surface area contributed by atoms with Gasteiger partial charge >= 0.3 is 11.9 Å². The zero-order valence-corrected chi connectivity index (χ0v) is 35.0. The second-order valence-corrected chi connectivity index (χ2v) is 18.1. The van der Waals surface area contributed by atoms with Crippen LogP contribution >= 0.6 is 23.2 Å². The molecule has 5 N–H and O–H groups in total. The molecule has 0 unspecified atom stereocenters. The first-order valence-corrected chi connectivity index (χ1v) is 21.3.